The zero-order valence-electron chi connectivity index (χ0n) is 11.9. The minimum Gasteiger partial charge on any atom is -0.384 e. The fourth-order valence-electron chi connectivity index (χ4n) is 2.79. The van der Waals surface area contributed by atoms with Crippen molar-refractivity contribution in [3.63, 3.8) is 0 Å². The number of carbonyl (C=O) groups is 1. The Balaban J connectivity index is 1.98. The van der Waals surface area contributed by atoms with Gasteiger partial charge < -0.3 is 10.0 Å². The van der Waals surface area contributed by atoms with Crippen LogP contribution in [0.5, 0.6) is 0 Å². The lowest BCUT2D eigenvalue weighted by Gasteiger charge is -2.16. The smallest absolute Gasteiger partial charge is 0.231 e. The highest BCUT2D eigenvalue weighted by atomic mass is 35.5. The van der Waals surface area contributed by atoms with Gasteiger partial charge in [0.1, 0.15) is 6.10 Å². The summed E-state index contributed by atoms with van der Waals surface area (Å²) >= 11 is 5.95. The van der Waals surface area contributed by atoms with Gasteiger partial charge in [0.2, 0.25) is 5.91 Å². The summed E-state index contributed by atoms with van der Waals surface area (Å²) in [6, 6.07) is 11.1. The molecular formula is C17H16ClNO2. The van der Waals surface area contributed by atoms with Crippen molar-refractivity contribution in [2.24, 2.45) is 0 Å². The van der Waals surface area contributed by atoms with E-state index in [1.165, 1.54) is 0 Å². The number of hydrogen-bond acceptors (Lipinski definition) is 2. The van der Waals surface area contributed by atoms with Crippen molar-refractivity contribution in [2.75, 3.05) is 11.9 Å². The Morgan fingerprint density at radius 3 is 2.71 bits per heavy atom. The van der Waals surface area contributed by atoms with Crippen LogP contribution < -0.4 is 4.90 Å². The maximum atomic E-state index is 11.7. The van der Waals surface area contributed by atoms with Crippen LogP contribution in [0.25, 0.3) is 0 Å². The van der Waals surface area contributed by atoms with Crippen LogP contribution >= 0.6 is 11.6 Å². The number of amides is 1. The van der Waals surface area contributed by atoms with E-state index in [0.717, 1.165) is 27.9 Å². The van der Waals surface area contributed by atoms with E-state index in [1.807, 2.05) is 37.3 Å². The molecule has 1 atom stereocenters. The van der Waals surface area contributed by atoms with Crippen molar-refractivity contribution in [1.29, 1.82) is 0 Å². The van der Waals surface area contributed by atoms with Gasteiger partial charge >= 0.3 is 0 Å². The van der Waals surface area contributed by atoms with Gasteiger partial charge in [0, 0.05) is 17.8 Å². The number of aliphatic hydroxyl groups excluding tert-OH is 1. The molecule has 1 amide bonds. The van der Waals surface area contributed by atoms with Crippen molar-refractivity contribution in [3.8, 4) is 0 Å². The summed E-state index contributed by atoms with van der Waals surface area (Å²) in [6.07, 6.45) is -0.319. The Kier molecular flexibility index (Phi) is 3.47. The summed E-state index contributed by atoms with van der Waals surface area (Å²) in [5.74, 6) is 0.0827. The first-order valence-electron chi connectivity index (χ1n) is 6.81. The van der Waals surface area contributed by atoms with E-state index in [9.17, 15) is 9.90 Å². The minimum atomic E-state index is -0.714. The van der Waals surface area contributed by atoms with Crippen molar-refractivity contribution >= 4 is 23.2 Å². The average Bonchev–Trinajstić information content (AvgIpc) is 2.73. The summed E-state index contributed by atoms with van der Waals surface area (Å²) < 4.78 is 0. The van der Waals surface area contributed by atoms with Gasteiger partial charge in [-0.05, 0) is 47.4 Å². The quantitative estimate of drug-likeness (QED) is 0.925. The van der Waals surface area contributed by atoms with Gasteiger partial charge in [-0.15, -0.1) is 0 Å². The molecule has 1 aliphatic heterocycles. The number of anilines is 1. The lowest BCUT2D eigenvalue weighted by Crippen LogP contribution is -2.20. The van der Waals surface area contributed by atoms with E-state index in [4.69, 9.17) is 11.6 Å². The molecule has 1 unspecified atom stereocenters. The highest BCUT2D eigenvalue weighted by Crippen LogP contribution is 2.33. The van der Waals surface area contributed by atoms with Crippen LogP contribution in [0.3, 0.4) is 0 Å². The number of benzene rings is 2. The van der Waals surface area contributed by atoms with E-state index in [1.54, 1.807) is 18.0 Å². The molecule has 0 radical (unpaired) electrons. The van der Waals surface area contributed by atoms with Gasteiger partial charge in [-0.25, -0.2) is 0 Å². The van der Waals surface area contributed by atoms with Crippen molar-refractivity contribution in [3.05, 3.63) is 63.7 Å². The molecule has 0 saturated heterocycles. The molecular weight excluding hydrogens is 286 g/mol. The van der Waals surface area contributed by atoms with Gasteiger partial charge in [0.25, 0.3) is 0 Å². The average molecular weight is 302 g/mol. The van der Waals surface area contributed by atoms with Gasteiger partial charge in [0.15, 0.2) is 0 Å². The molecule has 2 aromatic carbocycles. The number of fused-ring (bicyclic) bond motifs is 1. The molecule has 0 saturated carbocycles. The maximum Gasteiger partial charge on any atom is 0.231 e. The topological polar surface area (TPSA) is 40.5 Å². The van der Waals surface area contributed by atoms with Crippen molar-refractivity contribution in [2.45, 2.75) is 19.4 Å². The molecule has 1 N–H and O–H groups in total. The molecule has 21 heavy (non-hydrogen) atoms. The standard InChI is InChI=1S/C17H16ClNO2/c1-10-7-13(18)4-5-14(10)17(21)11-3-6-15-12(8-11)9-16(20)19(15)2/h3-8,17,21H,9H2,1-2H3. The number of carbonyl (C=O) groups excluding carboxylic acids is 1. The number of hydrogen-bond donors (Lipinski definition) is 1. The van der Waals surface area contributed by atoms with E-state index in [2.05, 4.69) is 0 Å². The Bertz CT molecular complexity index is 727. The molecule has 0 aromatic heterocycles. The number of halogens is 1. The van der Waals surface area contributed by atoms with Crippen LogP contribution in [0.2, 0.25) is 5.02 Å². The predicted octanol–water partition coefficient (Wildman–Crippen LogP) is 3.25. The molecule has 4 heteroatoms. The molecule has 2 aromatic rings. The normalized spacial score (nSPS) is 15.2. The third-order valence-electron chi connectivity index (χ3n) is 4.02. The second-order valence-electron chi connectivity index (χ2n) is 5.42. The van der Waals surface area contributed by atoms with Crippen LogP contribution in [0.1, 0.15) is 28.4 Å². The summed E-state index contributed by atoms with van der Waals surface area (Å²) in [7, 11) is 1.77. The molecule has 1 aliphatic rings. The first-order valence-corrected chi connectivity index (χ1v) is 7.18. The zero-order chi connectivity index (χ0) is 15.1. The molecule has 108 valence electrons. The van der Waals surface area contributed by atoms with Crippen molar-refractivity contribution in [1.82, 2.24) is 0 Å². The van der Waals surface area contributed by atoms with Crippen LogP contribution in [0.4, 0.5) is 5.69 Å². The lowest BCUT2D eigenvalue weighted by molar-refractivity contribution is -0.117. The number of aliphatic hydroxyl groups is 1. The van der Waals surface area contributed by atoms with E-state index >= 15 is 0 Å². The third kappa shape index (κ3) is 2.43. The molecule has 0 spiro atoms. The summed E-state index contributed by atoms with van der Waals surface area (Å²) in [4.78, 5) is 13.4. The Hall–Kier alpha value is -1.84. The summed E-state index contributed by atoms with van der Waals surface area (Å²) in [5, 5.41) is 11.2. The van der Waals surface area contributed by atoms with Crippen LogP contribution in [-0.2, 0) is 11.2 Å². The van der Waals surface area contributed by atoms with Crippen LogP contribution in [0, 0.1) is 6.92 Å². The molecule has 0 aliphatic carbocycles. The number of rotatable bonds is 2. The van der Waals surface area contributed by atoms with E-state index < -0.39 is 6.10 Å². The molecule has 3 nitrogen and oxygen atoms in total. The predicted molar refractivity (Wildman–Crippen MR) is 83.8 cm³/mol. The summed E-state index contributed by atoms with van der Waals surface area (Å²) in [5.41, 5.74) is 4.46. The zero-order valence-corrected chi connectivity index (χ0v) is 12.7. The number of likely N-dealkylation sites (N-methyl/N-ethyl adjacent to an activating group) is 1. The second kappa shape index (κ2) is 5.17. The van der Waals surface area contributed by atoms with Crippen molar-refractivity contribution < 1.29 is 9.90 Å². The largest absolute Gasteiger partial charge is 0.384 e. The number of aryl methyl sites for hydroxylation is 1. The SMILES string of the molecule is Cc1cc(Cl)ccc1C(O)c1ccc2c(c1)CC(=O)N2C. The Morgan fingerprint density at radius 1 is 1.24 bits per heavy atom. The van der Waals surface area contributed by atoms with Crippen LogP contribution in [0.15, 0.2) is 36.4 Å². The minimum absolute atomic E-state index is 0.0827. The van der Waals surface area contributed by atoms with Gasteiger partial charge in [-0.2, -0.15) is 0 Å². The second-order valence-corrected chi connectivity index (χ2v) is 5.86. The highest BCUT2D eigenvalue weighted by molar-refractivity contribution is 6.30. The first kappa shape index (κ1) is 14.1. The molecule has 0 bridgehead atoms. The van der Waals surface area contributed by atoms with Gasteiger partial charge in [-0.3, -0.25) is 4.79 Å². The van der Waals surface area contributed by atoms with E-state index in [-0.39, 0.29) is 5.91 Å². The lowest BCUT2D eigenvalue weighted by atomic mass is 9.96. The van der Waals surface area contributed by atoms with Crippen LogP contribution in [-0.4, -0.2) is 18.1 Å². The highest BCUT2D eigenvalue weighted by Gasteiger charge is 2.25. The Labute approximate surface area is 128 Å². The Morgan fingerprint density at radius 2 is 2.00 bits per heavy atom. The van der Waals surface area contributed by atoms with Gasteiger partial charge in [-0.1, -0.05) is 29.8 Å². The first-order chi connectivity index (χ1) is 9.97. The summed E-state index contributed by atoms with van der Waals surface area (Å²) in [6.45, 7) is 1.93. The van der Waals surface area contributed by atoms with Gasteiger partial charge in [0.05, 0.1) is 6.42 Å². The fourth-order valence-corrected chi connectivity index (χ4v) is 3.01. The fraction of sp³-hybridized carbons (Fsp3) is 0.235. The third-order valence-corrected chi connectivity index (χ3v) is 4.26. The molecule has 1 heterocycles. The number of nitrogens with zero attached hydrogens (tertiary/aromatic N) is 1. The van der Waals surface area contributed by atoms with E-state index in [0.29, 0.717) is 11.4 Å². The monoisotopic (exact) mass is 301 g/mol. The maximum absolute atomic E-state index is 11.7. The molecule has 0 fully saturated rings. The molecule has 3 rings (SSSR count).